The van der Waals surface area contributed by atoms with Crippen molar-refractivity contribution >= 4 is 16.8 Å². The molecule has 2 aliphatic rings. The number of nitrogens with one attached hydrogen (secondary N) is 1. The van der Waals surface area contributed by atoms with Gasteiger partial charge in [-0.15, -0.1) is 0 Å². The zero-order chi connectivity index (χ0) is 23.2. The molecule has 1 N–H and O–H groups in total. The molecule has 5 rings (SSSR count). The number of fused-ring (bicyclic) bond motifs is 1. The number of hydrogen-bond acceptors (Lipinski definition) is 2. The minimum atomic E-state index is 0.159. The molecule has 0 bridgehead atoms. The van der Waals surface area contributed by atoms with Crippen molar-refractivity contribution in [1.29, 1.82) is 0 Å². The standard InChI is InChI=1S/C30H37N3O/c34-30(31-18-15-24-9-3-1-4-10-24)26-16-19-32(20-17-26)23-28-21-27-13-7-8-14-29(27)33(28)22-25-11-5-2-6-12-25/h2,5-9,11-14,21,26H,1,3-4,10,15-20,22-23H2,(H,31,34). The molecule has 0 atom stereocenters. The predicted molar refractivity (Wildman–Crippen MR) is 140 cm³/mol. The number of rotatable bonds is 8. The van der Waals surface area contributed by atoms with E-state index in [1.807, 2.05) is 0 Å². The number of amides is 1. The van der Waals surface area contributed by atoms with E-state index in [1.54, 1.807) is 0 Å². The molecule has 1 amide bonds. The van der Waals surface area contributed by atoms with Crippen LogP contribution in [-0.4, -0.2) is 35.0 Å². The summed E-state index contributed by atoms with van der Waals surface area (Å²) in [7, 11) is 0. The molecule has 34 heavy (non-hydrogen) atoms. The van der Waals surface area contributed by atoms with E-state index in [0.29, 0.717) is 0 Å². The molecule has 1 aromatic heterocycles. The van der Waals surface area contributed by atoms with Crippen molar-refractivity contribution in [2.24, 2.45) is 5.92 Å². The Morgan fingerprint density at radius 3 is 2.53 bits per heavy atom. The molecule has 1 fully saturated rings. The van der Waals surface area contributed by atoms with Gasteiger partial charge >= 0.3 is 0 Å². The van der Waals surface area contributed by atoms with Crippen LogP contribution in [0, 0.1) is 5.92 Å². The lowest BCUT2D eigenvalue weighted by molar-refractivity contribution is -0.126. The minimum absolute atomic E-state index is 0.159. The van der Waals surface area contributed by atoms with Crippen LogP contribution in [0.25, 0.3) is 10.9 Å². The quantitative estimate of drug-likeness (QED) is 0.429. The fourth-order valence-corrected chi connectivity index (χ4v) is 5.56. The Hall–Kier alpha value is -2.85. The van der Waals surface area contributed by atoms with Gasteiger partial charge in [0.2, 0.25) is 5.91 Å². The fraction of sp³-hybridized carbons (Fsp3) is 0.433. The summed E-state index contributed by atoms with van der Waals surface area (Å²) in [5.74, 6) is 0.418. The van der Waals surface area contributed by atoms with Crippen LogP contribution < -0.4 is 5.32 Å². The highest BCUT2D eigenvalue weighted by molar-refractivity contribution is 5.81. The van der Waals surface area contributed by atoms with Crippen LogP contribution in [0.3, 0.4) is 0 Å². The van der Waals surface area contributed by atoms with Crippen LogP contribution in [0.5, 0.6) is 0 Å². The highest BCUT2D eigenvalue weighted by Crippen LogP contribution is 2.25. The van der Waals surface area contributed by atoms with Gasteiger partial charge in [-0.05, 0) is 81.1 Å². The van der Waals surface area contributed by atoms with Crippen molar-refractivity contribution in [3.05, 3.63) is 83.6 Å². The van der Waals surface area contributed by atoms with Gasteiger partial charge in [0.15, 0.2) is 0 Å². The maximum absolute atomic E-state index is 12.7. The average Bonchev–Trinajstić information content (AvgIpc) is 3.22. The molecule has 2 aromatic carbocycles. The predicted octanol–water partition coefficient (Wildman–Crippen LogP) is 5.91. The monoisotopic (exact) mass is 455 g/mol. The first-order valence-corrected chi connectivity index (χ1v) is 13.1. The second-order valence-corrected chi connectivity index (χ2v) is 9.97. The first-order valence-electron chi connectivity index (χ1n) is 13.1. The van der Waals surface area contributed by atoms with Crippen molar-refractivity contribution in [3.63, 3.8) is 0 Å². The van der Waals surface area contributed by atoms with Gasteiger partial charge in [-0.1, -0.05) is 60.2 Å². The van der Waals surface area contributed by atoms with Crippen LogP contribution in [0.2, 0.25) is 0 Å². The van der Waals surface area contributed by atoms with Crippen molar-refractivity contribution in [2.75, 3.05) is 19.6 Å². The van der Waals surface area contributed by atoms with Gasteiger partial charge in [-0.2, -0.15) is 0 Å². The van der Waals surface area contributed by atoms with Crippen LogP contribution in [0.1, 0.15) is 56.2 Å². The van der Waals surface area contributed by atoms with Crippen molar-refractivity contribution in [2.45, 2.75) is 58.0 Å². The van der Waals surface area contributed by atoms with Crippen molar-refractivity contribution in [1.82, 2.24) is 14.8 Å². The summed E-state index contributed by atoms with van der Waals surface area (Å²) >= 11 is 0. The molecule has 0 saturated carbocycles. The zero-order valence-electron chi connectivity index (χ0n) is 20.2. The lowest BCUT2D eigenvalue weighted by Gasteiger charge is -2.31. The van der Waals surface area contributed by atoms with Crippen LogP contribution in [0.4, 0.5) is 0 Å². The second-order valence-electron chi connectivity index (χ2n) is 9.97. The van der Waals surface area contributed by atoms with Crippen LogP contribution in [-0.2, 0) is 17.9 Å². The smallest absolute Gasteiger partial charge is 0.223 e. The average molecular weight is 456 g/mol. The Labute approximate surface area is 203 Å². The molecule has 0 spiro atoms. The molecule has 178 valence electrons. The number of para-hydroxylation sites is 1. The van der Waals surface area contributed by atoms with E-state index in [-0.39, 0.29) is 11.8 Å². The number of carbonyl (C=O) groups excluding carboxylic acids is 1. The minimum Gasteiger partial charge on any atom is -0.356 e. The van der Waals surface area contributed by atoms with Gasteiger partial charge in [-0.25, -0.2) is 0 Å². The maximum Gasteiger partial charge on any atom is 0.223 e. The number of allylic oxidation sites excluding steroid dienone is 1. The van der Waals surface area contributed by atoms with E-state index >= 15 is 0 Å². The lowest BCUT2D eigenvalue weighted by atomic mass is 9.95. The SMILES string of the molecule is O=C(NCCC1=CCCCC1)C1CCN(Cc2cc3ccccc3n2Cc2ccccc2)CC1. The molecular formula is C30H37N3O. The topological polar surface area (TPSA) is 37.3 Å². The third-order valence-corrected chi connectivity index (χ3v) is 7.55. The number of piperidine rings is 1. The molecule has 0 radical (unpaired) electrons. The largest absolute Gasteiger partial charge is 0.356 e. The molecular weight excluding hydrogens is 418 g/mol. The third-order valence-electron chi connectivity index (χ3n) is 7.55. The Kier molecular flexibility index (Phi) is 7.45. The van der Waals surface area contributed by atoms with Crippen LogP contribution in [0.15, 0.2) is 72.3 Å². The van der Waals surface area contributed by atoms with E-state index < -0.39 is 0 Å². The van der Waals surface area contributed by atoms with E-state index in [9.17, 15) is 4.79 Å². The Morgan fingerprint density at radius 2 is 1.74 bits per heavy atom. The summed E-state index contributed by atoms with van der Waals surface area (Å²) in [4.78, 5) is 15.2. The molecule has 2 heterocycles. The summed E-state index contributed by atoms with van der Waals surface area (Å²) in [6, 6.07) is 21.7. The summed E-state index contributed by atoms with van der Waals surface area (Å²) in [6.45, 7) is 4.58. The van der Waals surface area contributed by atoms with E-state index in [0.717, 1.165) is 52.0 Å². The summed E-state index contributed by atoms with van der Waals surface area (Å²) in [5, 5.41) is 4.52. The number of carbonyl (C=O) groups is 1. The molecule has 1 saturated heterocycles. The van der Waals surface area contributed by atoms with Gasteiger partial charge in [-0.3, -0.25) is 9.69 Å². The fourth-order valence-electron chi connectivity index (χ4n) is 5.56. The lowest BCUT2D eigenvalue weighted by Crippen LogP contribution is -2.40. The van der Waals surface area contributed by atoms with Crippen molar-refractivity contribution in [3.8, 4) is 0 Å². The Bertz CT molecular complexity index is 1120. The first-order chi connectivity index (χ1) is 16.8. The summed E-state index contributed by atoms with van der Waals surface area (Å²) in [6.07, 6.45) is 10.4. The number of benzene rings is 2. The molecule has 1 aliphatic heterocycles. The highest BCUT2D eigenvalue weighted by Gasteiger charge is 2.25. The van der Waals surface area contributed by atoms with E-state index in [2.05, 4.69) is 81.5 Å². The first kappa shape index (κ1) is 22.9. The normalized spacial score (nSPS) is 17.6. The number of aromatic nitrogens is 1. The second kappa shape index (κ2) is 11.1. The number of hydrogen-bond donors (Lipinski definition) is 1. The number of likely N-dealkylation sites (tertiary alicyclic amines) is 1. The molecule has 0 unspecified atom stereocenters. The molecule has 4 heteroatoms. The zero-order valence-corrected chi connectivity index (χ0v) is 20.2. The third kappa shape index (κ3) is 5.61. The molecule has 4 nitrogen and oxygen atoms in total. The van der Waals surface area contributed by atoms with Gasteiger partial charge in [0.1, 0.15) is 0 Å². The van der Waals surface area contributed by atoms with Gasteiger partial charge < -0.3 is 9.88 Å². The number of nitrogens with zero attached hydrogens (tertiary/aromatic N) is 2. The Morgan fingerprint density at radius 1 is 0.941 bits per heavy atom. The van der Waals surface area contributed by atoms with Crippen LogP contribution >= 0.6 is 0 Å². The van der Waals surface area contributed by atoms with E-state index in [1.165, 1.54) is 53.4 Å². The maximum atomic E-state index is 12.7. The molecule has 1 aliphatic carbocycles. The summed E-state index contributed by atoms with van der Waals surface area (Å²) < 4.78 is 2.46. The van der Waals surface area contributed by atoms with Gasteiger partial charge in [0, 0.05) is 36.8 Å². The molecule has 3 aromatic rings. The van der Waals surface area contributed by atoms with E-state index in [4.69, 9.17) is 0 Å². The highest BCUT2D eigenvalue weighted by atomic mass is 16.1. The summed E-state index contributed by atoms with van der Waals surface area (Å²) in [5.41, 5.74) is 5.51. The Balaban J connectivity index is 1.17. The van der Waals surface area contributed by atoms with Gasteiger partial charge in [0.05, 0.1) is 0 Å². The van der Waals surface area contributed by atoms with Crippen molar-refractivity contribution < 1.29 is 4.79 Å². The van der Waals surface area contributed by atoms with Gasteiger partial charge in [0.25, 0.3) is 0 Å².